The summed E-state index contributed by atoms with van der Waals surface area (Å²) in [5.74, 6) is 0.707. The van der Waals surface area contributed by atoms with Crippen molar-refractivity contribution in [2.24, 2.45) is 0 Å². The van der Waals surface area contributed by atoms with E-state index in [1.54, 1.807) is 19.6 Å². The molecule has 1 N–H and O–H groups in total. The van der Waals surface area contributed by atoms with E-state index >= 15 is 0 Å². The predicted octanol–water partition coefficient (Wildman–Crippen LogP) is 2.56. The molecular formula is C13H14O3. The maximum Gasteiger partial charge on any atom is 0.124 e. The molecule has 2 rings (SSSR count). The summed E-state index contributed by atoms with van der Waals surface area (Å²) in [6.45, 7) is 0. The fourth-order valence-electron chi connectivity index (χ4n) is 1.68. The standard InChI is InChI=1S/C13H14O3/c1-15-13-5-3-2-4-11(13)12(14)8-10-6-7-16-9-10/h2-7,9,12,14H,8H2,1H3. The van der Waals surface area contributed by atoms with Crippen molar-refractivity contribution in [1.29, 1.82) is 0 Å². The van der Waals surface area contributed by atoms with Crippen LogP contribution in [0.1, 0.15) is 17.2 Å². The van der Waals surface area contributed by atoms with Gasteiger partial charge in [0.05, 0.1) is 25.7 Å². The van der Waals surface area contributed by atoms with Crippen LogP contribution in [0.2, 0.25) is 0 Å². The van der Waals surface area contributed by atoms with Gasteiger partial charge in [-0.3, -0.25) is 0 Å². The van der Waals surface area contributed by atoms with Crippen LogP contribution < -0.4 is 4.74 Å². The van der Waals surface area contributed by atoms with Gasteiger partial charge in [-0.15, -0.1) is 0 Å². The van der Waals surface area contributed by atoms with Gasteiger partial charge >= 0.3 is 0 Å². The molecule has 0 aliphatic carbocycles. The van der Waals surface area contributed by atoms with Crippen molar-refractivity contribution < 1.29 is 14.3 Å². The molecular weight excluding hydrogens is 204 g/mol. The summed E-state index contributed by atoms with van der Waals surface area (Å²) in [4.78, 5) is 0. The van der Waals surface area contributed by atoms with Gasteiger partial charge in [0.1, 0.15) is 5.75 Å². The summed E-state index contributed by atoms with van der Waals surface area (Å²) in [5.41, 5.74) is 1.77. The molecule has 1 aromatic heterocycles. The molecule has 0 spiro atoms. The number of benzene rings is 1. The highest BCUT2D eigenvalue weighted by molar-refractivity contribution is 5.35. The number of para-hydroxylation sites is 1. The van der Waals surface area contributed by atoms with E-state index < -0.39 is 6.10 Å². The molecule has 0 saturated heterocycles. The normalized spacial score (nSPS) is 12.4. The Morgan fingerprint density at radius 1 is 1.31 bits per heavy atom. The summed E-state index contributed by atoms with van der Waals surface area (Å²) in [6, 6.07) is 9.32. The molecule has 0 bridgehead atoms. The highest BCUT2D eigenvalue weighted by atomic mass is 16.5. The Balaban J connectivity index is 2.17. The van der Waals surface area contributed by atoms with Crippen molar-refractivity contribution in [1.82, 2.24) is 0 Å². The van der Waals surface area contributed by atoms with Gasteiger partial charge in [0.15, 0.2) is 0 Å². The first-order valence-corrected chi connectivity index (χ1v) is 5.13. The second-order valence-electron chi connectivity index (χ2n) is 3.59. The minimum absolute atomic E-state index is 0.525. The molecule has 84 valence electrons. The second kappa shape index (κ2) is 4.86. The minimum atomic E-state index is -0.575. The van der Waals surface area contributed by atoms with Crippen LogP contribution in [0.15, 0.2) is 47.3 Å². The topological polar surface area (TPSA) is 42.6 Å². The van der Waals surface area contributed by atoms with Crippen LogP contribution in [0.4, 0.5) is 0 Å². The number of rotatable bonds is 4. The molecule has 0 radical (unpaired) electrons. The summed E-state index contributed by atoms with van der Waals surface area (Å²) in [6.07, 6.45) is 3.19. The molecule has 0 aliphatic rings. The second-order valence-corrected chi connectivity index (χ2v) is 3.59. The Morgan fingerprint density at radius 3 is 2.81 bits per heavy atom. The van der Waals surface area contributed by atoms with Crippen LogP contribution in [0.25, 0.3) is 0 Å². The molecule has 0 saturated carbocycles. The highest BCUT2D eigenvalue weighted by Crippen LogP contribution is 2.27. The Morgan fingerprint density at radius 2 is 2.12 bits per heavy atom. The minimum Gasteiger partial charge on any atom is -0.496 e. The van der Waals surface area contributed by atoms with Crippen molar-refractivity contribution in [3.05, 3.63) is 54.0 Å². The fourth-order valence-corrected chi connectivity index (χ4v) is 1.68. The first-order valence-electron chi connectivity index (χ1n) is 5.13. The highest BCUT2D eigenvalue weighted by Gasteiger charge is 2.13. The predicted molar refractivity (Wildman–Crippen MR) is 60.4 cm³/mol. The first-order chi connectivity index (χ1) is 7.81. The molecule has 0 aliphatic heterocycles. The maximum absolute atomic E-state index is 10.1. The van der Waals surface area contributed by atoms with E-state index in [1.807, 2.05) is 30.3 Å². The Hall–Kier alpha value is -1.74. The van der Waals surface area contributed by atoms with Gasteiger partial charge in [-0.2, -0.15) is 0 Å². The van der Waals surface area contributed by atoms with E-state index in [1.165, 1.54) is 0 Å². The number of ether oxygens (including phenoxy) is 1. The van der Waals surface area contributed by atoms with Crippen molar-refractivity contribution in [2.75, 3.05) is 7.11 Å². The van der Waals surface area contributed by atoms with Crippen molar-refractivity contribution in [2.45, 2.75) is 12.5 Å². The summed E-state index contributed by atoms with van der Waals surface area (Å²) < 4.78 is 10.2. The third-order valence-electron chi connectivity index (χ3n) is 2.51. The third-order valence-corrected chi connectivity index (χ3v) is 2.51. The molecule has 0 fully saturated rings. The third kappa shape index (κ3) is 2.25. The van der Waals surface area contributed by atoms with Gasteiger partial charge in [0, 0.05) is 12.0 Å². The van der Waals surface area contributed by atoms with Gasteiger partial charge in [0.25, 0.3) is 0 Å². The van der Waals surface area contributed by atoms with Gasteiger partial charge in [-0.05, 0) is 17.7 Å². The molecule has 3 nitrogen and oxygen atoms in total. The summed E-state index contributed by atoms with van der Waals surface area (Å²) >= 11 is 0. The van der Waals surface area contributed by atoms with E-state index in [9.17, 15) is 5.11 Å². The number of aliphatic hydroxyl groups excluding tert-OH is 1. The zero-order valence-corrected chi connectivity index (χ0v) is 9.09. The molecule has 16 heavy (non-hydrogen) atoms. The van der Waals surface area contributed by atoms with E-state index in [0.29, 0.717) is 12.2 Å². The van der Waals surface area contributed by atoms with Crippen LogP contribution >= 0.6 is 0 Å². The van der Waals surface area contributed by atoms with Crippen molar-refractivity contribution in [3.8, 4) is 5.75 Å². The van der Waals surface area contributed by atoms with Gasteiger partial charge in [-0.1, -0.05) is 18.2 Å². The van der Waals surface area contributed by atoms with Crippen molar-refractivity contribution >= 4 is 0 Å². The lowest BCUT2D eigenvalue weighted by Gasteiger charge is -2.13. The van der Waals surface area contributed by atoms with Gasteiger partial charge in [-0.25, -0.2) is 0 Å². The number of aliphatic hydroxyl groups is 1. The zero-order chi connectivity index (χ0) is 11.4. The van der Waals surface area contributed by atoms with E-state index in [0.717, 1.165) is 11.1 Å². The Bertz CT molecular complexity index is 434. The number of hydrogen-bond donors (Lipinski definition) is 1. The Kier molecular flexibility index (Phi) is 3.27. The Labute approximate surface area is 94.3 Å². The van der Waals surface area contributed by atoms with E-state index in [2.05, 4.69) is 0 Å². The first kappa shape index (κ1) is 10.8. The average molecular weight is 218 g/mol. The lowest BCUT2D eigenvalue weighted by atomic mass is 10.0. The van der Waals surface area contributed by atoms with Crippen LogP contribution in [0, 0.1) is 0 Å². The molecule has 1 heterocycles. The fraction of sp³-hybridized carbons (Fsp3) is 0.231. The quantitative estimate of drug-likeness (QED) is 0.857. The maximum atomic E-state index is 10.1. The number of methoxy groups -OCH3 is 1. The van der Waals surface area contributed by atoms with Gasteiger partial charge in [0.2, 0.25) is 0 Å². The molecule has 1 aromatic carbocycles. The molecule has 3 heteroatoms. The SMILES string of the molecule is COc1ccccc1C(O)Cc1ccoc1. The lowest BCUT2D eigenvalue weighted by molar-refractivity contribution is 0.174. The van der Waals surface area contributed by atoms with Crippen LogP contribution in [-0.4, -0.2) is 12.2 Å². The van der Waals surface area contributed by atoms with E-state index in [4.69, 9.17) is 9.15 Å². The number of hydrogen-bond acceptors (Lipinski definition) is 3. The van der Waals surface area contributed by atoms with Crippen molar-refractivity contribution in [3.63, 3.8) is 0 Å². The van der Waals surface area contributed by atoms with Gasteiger partial charge < -0.3 is 14.3 Å². The summed E-state index contributed by atoms with van der Waals surface area (Å²) in [7, 11) is 1.60. The molecule has 1 atom stereocenters. The average Bonchev–Trinajstić information content (AvgIpc) is 2.81. The molecule has 2 aromatic rings. The monoisotopic (exact) mass is 218 g/mol. The lowest BCUT2D eigenvalue weighted by Crippen LogP contribution is -2.03. The van der Waals surface area contributed by atoms with Crippen LogP contribution in [0.5, 0.6) is 5.75 Å². The smallest absolute Gasteiger partial charge is 0.124 e. The zero-order valence-electron chi connectivity index (χ0n) is 9.09. The number of furan rings is 1. The molecule has 0 amide bonds. The largest absolute Gasteiger partial charge is 0.496 e. The van der Waals surface area contributed by atoms with E-state index in [-0.39, 0.29) is 0 Å². The van der Waals surface area contributed by atoms with Crippen LogP contribution in [-0.2, 0) is 6.42 Å². The summed E-state index contributed by atoms with van der Waals surface area (Å²) in [5, 5.41) is 10.1. The molecule has 1 unspecified atom stereocenters. The van der Waals surface area contributed by atoms with Crippen LogP contribution in [0.3, 0.4) is 0 Å².